The van der Waals surface area contributed by atoms with Crippen LogP contribution < -0.4 is 5.32 Å². The first-order valence-corrected chi connectivity index (χ1v) is 9.09. The van der Waals surface area contributed by atoms with E-state index in [0.29, 0.717) is 31.7 Å². The fourth-order valence-corrected chi connectivity index (χ4v) is 3.13. The van der Waals surface area contributed by atoms with Crippen molar-refractivity contribution in [3.8, 4) is 0 Å². The Kier molecular flexibility index (Phi) is 5.21. The standard InChI is InChI=1S/C20H26N4O3/c1-20(2,3)27-19(26)24-11-10-16-15(13-24)17(23(4)22-16)18(25)21-12-14-8-6-5-7-9-14/h5-9H,10-13H2,1-4H3,(H,21,25). The number of benzene rings is 1. The molecule has 0 spiro atoms. The highest BCUT2D eigenvalue weighted by Crippen LogP contribution is 2.23. The Morgan fingerprint density at radius 2 is 1.93 bits per heavy atom. The van der Waals surface area contributed by atoms with Crippen molar-refractivity contribution in [2.75, 3.05) is 6.54 Å². The number of fused-ring (bicyclic) bond motifs is 1. The summed E-state index contributed by atoms with van der Waals surface area (Å²) < 4.78 is 7.06. The van der Waals surface area contributed by atoms with Gasteiger partial charge in [-0.3, -0.25) is 9.48 Å². The van der Waals surface area contributed by atoms with Crippen molar-refractivity contribution in [3.63, 3.8) is 0 Å². The molecule has 0 saturated heterocycles. The predicted molar refractivity (Wildman–Crippen MR) is 101 cm³/mol. The molecule has 1 aromatic carbocycles. The Morgan fingerprint density at radius 3 is 2.59 bits per heavy atom. The Balaban J connectivity index is 1.74. The number of nitrogens with one attached hydrogen (secondary N) is 1. The molecule has 27 heavy (non-hydrogen) atoms. The Hall–Kier alpha value is -2.83. The van der Waals surface area contributed by atoms with Crippen LogP contribution in [0.15, 0.2) is 30.3 Å². The van der Waals surface area contributed by atoms with Gasteiger partial charge in [-0.25, -0.2) is 4.79 Å². The molecular formula is C20H26N4O3. The van der Waals surface area contributed by atoms with Crippen LogP contribution in [0.4, 0.5) is 4.79 Å². The lowest BCUT2D eigenvalue weighted by Gasteiger charge is -2.29. The van der Waals surface area contributed by atoms with E-state index < -0.39 is 5.60 Å². The molecule has 0 bridgehead atoms. The van der Waals surface area contributed by atoms with E-state index in [2.05, 4.69) is 10.4 Å². The zero-order valence-electron chi connectivity index (χ0n) is 16.3. The third-order valence-electron chi connectivity index (χ3n) is 4.36. The van der Waals surface area contributed by atoms with Crippen molar-refractivity contribution in [2.45, 2.75) is 45.9 Å². The zero-order chi connectivity index (χ0) is 19.6. The van der Waals surface area contributed by atoms with E-state index in [1.54, 1.807) is 16.6 Å². The van der Waals surface area contributed by atoms with Gasteiger partial charge in [-0.2, -0.15) is 5.10 Å². The van der Waals surface area contributed by atoms with E-state index >= 15 is 0 Å². The molecule has 0 saturated carbocycles. The first-order valence-electron chi connectivity index (χ1n) is 9.09. The summed E-state index contributed by atoms with van der Waals surface area (Å²) in [4.78, 5) is 26.8. The molecule has 7 nitrogen and oxygen atoms in total. The minimum atomic E-state index is -0.553. The molecule has 144 valence electrons. The van der Waals surface area contributed by atoms with Crippen LogP contribution in [0, 0.1) is 0 Å². The quantitative estimate of drug-likeness (QED) is 0.901. The molecular weight excluding hydrogens is 344 g/mol. The van der Waals surface area contributed by atoms with Crippen molar-refractivity contribution in [1.82, 2.24) is 20.0 Å². The average molecular weight is 370 g/mol. The summed E-state index contributed by atoms with van der Waals surface area (Å²) in [5, 5.41) is 7.41. The average Bonchev–Trinajstić information content (AvgIpc) is 2.94. The van der Waals surface area contributed by atoms with E-state index in [0.717, 1.165) is 16.8 Å². The lowest BCUT2D eigenvalue weighted by atomic mass is 10.1. The fourth-order valence-electron chi connectivity index (χ4n) is 3.13. The largest absolute Gasteiger partial charge is 0.444 e. The van der Waals surface area contributed by atoms with Crippen LogP contribution in [-0.4, -0.2) is 38.8 Å². The van der Waals surface area contributed by atoms with Gasteiger partial charge >= 0.3 is 6.09 Å². The number of aromatic nitrogens is 2. The van der Waals surface area contributed by atoms with Crippen molar-refractivity contribution >= 4 is 12.0 Å². The number of amides is 2. The van der Waals surface area contributed by atoms with Crippen LogP contribution >= 0.6 is 0 Å². The lowest BCUT2D eigenvalue weighted by molar-refractivity contribution is 0.0222. The maximum atomic E-state index is 12.8. The van der Waals surface area contributed by atoms with E-state index in [1.165, 1.54) is 0 Å². The molecule has 0 radical (unpaired) electrons. The van der Waals surface area contributed by atoms with Gasteiger partial charge in [-0.1, -0.05) is 30.3 Å². The van der Waals surface area contributed by atoms with Gasteiger partial charge in [0.2, 0.25) is 0 Å². The number of hydrogen-bond acceptors (Lipinski definition) is 4. The molecule has 0 aliphatic carbocycles. The first-order chi connectivity index (χ1) is 12.7. The van der Waals surface area contributed by atoms with Crippen molar-refractivity contribution in [3.05, 3.63) is 52.8 Å². The van der Waals surface area contributed by atoms with Gasteiger partial charge in [0.15, 0.2) is 0 Å². The summed E-state index contributed by atoms with van der Waals surface area (Å²) in [7, 11) is 1.76. The van der Waals surface area contributed by atoms with E-state index in [1.807, 2.05) is 51.1 Å². The molecule has 7 heteroatoms. The first kappa shape index (κ1) is 18.9. The monoisotopic (exact) mass is 370 g/mol. The molecule has 1 aliphatic rings. The highest BCUT2D eigenvalue weighted by atomic mass is 16.6. The van der Waals surface area contributed by atoms with Gasteiger partial charge < -0.3 is 15.0 Å². The van der Waals surface area contributed by atoms with Crippen LogP contribution in [0.25, 0.3) is 0 Å². The summed E-state index contributed by atoms with van der Waals surface area (Å²) in [6.45, 7) is 6.82. The third kappa shape index (κ3) is 4.48. The number of ether oxygens (including phenoxy) is 1. The summed E-state index contributed by atoms with van der Waals surface area (Å²) >= 11 is 0. The van der Waals surface area contributed by atoms with Gasteiger partial charge in [0.1, 0.15) is 11.3 Å². The number of aryl methyl sites for hydroxylation is 1. The highest BCUT2D eigenvalue weighted by Gasteiger charge is 2.31. The highest BCUT2D eigenvalue weighted by molar-refractivity contribution is 5.94. The smallest absolute Gasteiger partial charge is 0.410 e. The van der Waals surface area contributed by atoms with Crippen molar-refractivity contribution in [2.24, 2.45) is 7.05 Å². The summed E-state index contributed by atoms with van der Waals surface area (Å²) in [5.41, 5.74) is 2.62. The van der Waals surface area contributed by atoms with Crippen LogP contribution in [0.3, 0.4) is 0 Å². The van der Waals surface area contributed by atoms with Crippen molar-refractivity contribution < 1.29 is 14.3 Å². The molecule has 1 N–H and O–H groups in total. The lowest BCUT2D eigenvalue weighted by Crippen LogP contribution is -2.40. The van der Waals surface area contributed by atoms with Gasteiger partial charge in [-0.05, 0) is 26.3 Å². The van der Waals surface area contributed by atoms with Crippen LogP contribution in [0.1, 0.15) is 48.1 Å². The van der Waals surface area contributed by atoms with Gasteiger partial charge in [0.25, 0.3) is 5.91 Å². The summed E-state index contributed by atoms with van der Waals surface area (Å²) in [6.07, 6.45) is 0.238. The van der Waals surface area contributed by atoms with Crippen LogP contribution in [0.2, 0.25) is 0 Å². The molecule has 1 aliphatic heterocycles. The number of carbonyl (C=O) groups excluding carboxylic acids is 2. The van der Waals surface area contributed by atoms with Gasteiger partial charge in [0, 0.05) is 32.1 Å². The maximum Gasteiger partial charge on any atom is 0.410 e. The van der Waals surface area contributed by atoms with E-state index in [-0.39, 0.29) is 12.0 Å². The second-order valence-corrected chi connectivity index (χ2v) is 7.72. The number of carbonyl (C=O) groups is 2. The van der Waals surface area contributed by atoms with Crippen molar-refractivity contribution in [1.29, 1.82) is 0 Å². The number of rotatable bonds is 3. The Labute approximate surface area is 159 Å². The van der Waals surface area contributed by atoms with E-state index in [9.17, 15) is 9.59 Å². The SMILES string of the molecule is Cn1nc2c(c1C(=O)NCc1ccccc1)CN(C(=O)OC(C)(C)C)CC2. The van der Waals surface area contributed by atoms with Crippen LogP contribution in [0.5, 0.6) is 0 Å². The summed E-state index contributed by atoms with van der Waals surface area (Å²) in [6, 6.07) is 9.73. The Bertz CT molecular complexity index is 837. The topological polar surface area (TPSA) is 76.5 Å². The van der Waals surface area contributed by atoms with E-state index in [4.69, 9.17) is 4.74 Å². The molecule has 0 fully saturated rings. The third-order valence-corrected chi connectivity index (χ3v) is 4.36. The summed E-state index contributed by atoms with van der Waals surface area (Å²) in [5.74, 6) is -0.193. The van der Waals surface area contributed by atoms with Gasteiger partial charge in [-0.15, -0.1) is 0 Å². The molecule has 1 aromatic heterocycles. The zero-order valence-corrected chi connectivity index (χ0v) is 16.3. The normalized spacial score (nSPS) is 13.9. The number of nitrogens with zero attached hydrogens (tertiary/aromatic N) is 3. The minimum absolute atomic E-state index is 0.193. The molecule has 2 aromatic rings. The van der Waals surface area contributed by atoms with Gasteiger partial charge in [0.05, 0.1) is 12.2 Å². The van der Waals surface area contributed by atoms with Crippen LogP contribution in [-0.2, 0) is 31.3 Å². The molecule has 2 heterocycles. The minimum Gasteiger partial charge on any atom is -0.444 e. The second kappa shape index (κ2) is 7.42. The molecule has 0 atom stereocenters. The molecule has 0 unspecified atom stereocenters. The maximum absolute atomic E-state index is 12.8. The number of hydrogen-bond donors (Lipinski definition) is 1. The predicted octanol–water partition coefficient (Wildman–Crippen LogP) is 2.64. The Morgan fingerprint density at radius 1 is 1.22 bits per heavy atom. The second-order valence-electron chi connectivity index (χ2n) is 7.72. The molecule has 2 amide bonds. The fraction of sp³-hybridized carbons (Fsp3) is 0.450. The molecule has 3 rings (SSSR count).